The van der Waals surface area contributed by atoms with Crippen LogP contribution in [-0.2, 0) is 20.7 Å². The van der Waals surface area contributed by atoms with Crippen LogP contribution in [0.3, 0.4) is 0 Å². The first-order valence-corrected chi connectivity index (χ1v) is 9.14. The predicted molar refractivity (Wildman–Crippen MR) is 105 cm³/mol. The van der Waals surface area contributed by atoms with Gasteiger partial charge in [0.15, 0.2) is 6.10 Å². The normalized spacial score (nSPS) is 12.5. The highest BCUT2D eigenvalue weighted by molar-refractivity contribution is 5.94. The lowest BCUT2D eigenvalue weighted by molar-refractivity contribution is -0.129. The van der Waals surface area contributed by atoms with E-state index in [0.29, 0.717) is 5.56 Å². The summed E-state index contributed by atoms with van der Waals surface area (Å²) in [6, 6.07) is 15.8. The SMILES string of the molecule is COC(=O)c1ccc(C(=O)O[C@H](C)C(=O)N[C@@H](C)CCc2ccccc2)cc1. The second-order valence-corrected chi connectivity index (χ2v) is 6.55. The quantitative estimate of drug-likeness (QED) is 0.708. The summed E-state index contributed by atoms with van der Waals surface area (Å²) in [5.74, 6) is -1.46. The molecule has 2 aromatic rings. The Hall–Kier alpha value is -3.15. The first-order valence-electron chi connectivity index (χ1n) is 9.14. The number of methoxy groups -OCH3 is 1. The van der Waals surface area contributed by atoms with Crippen molar-refractivity contribution in [3.63, 3.8) is 0 Å². The van der Waals surface area contributed by atoms with Crippen molar-refractivity contribution in [1.29, 1.82) is 0 Å². The number of hydrogen-bond donors (Lipinski definition) is 1. The van der Waals surface area contributed by atoms with Crippen LogP contribution in [-0.4, -0.2) is 37.1 Å². The molecule has 0 fully saturated rings. The molecule has 0 saturated carbocycles. The summed E-state index contributed by atoms with van der Waals surface area (Å²) in [4.78, 5) is 35.9. The van der Waals surface area contributed by atoms with Gasteiger partial charge in [-0.25, -0.2) is 9.59 Å². The van der Waals surface area contributed by atoms with Crippen molar-refractivity contribution in [2.75, 3.05) is 7.11 Å². The molecule has 0 aliphatic rings. The summed E-state index contributed by atoms with van der Waals surface area (Å²) in [7, 11) is 1.28. The zero-order valence-corrected chi connectivity index (χ0v) is 16.3. The number of benzene rings is 2. The van der Waals surface area contributed by atoms with Gasteiger partial charge in [-0.2, -0.15) is 0 Å². The zero-order valence-electron chi connectivity index (χ0n) is 16.3. The molecule has 0 saturated heterocycles. The summed E-state index contributed by atoms with van der Waals surface area (Å²) >= 11 is 0. The number of carbonyl (C=O) groups is 3. The summed E-state index contributed by atoms with van der Waals surface area (Å²) in [6.07, 6.45) is 0.709. The van der Waals surface area contributed by atoms with Gasteiger partial charge in [0, 0.05) is 6.04 Å². The minimum atomic E-state index is -0.924. The van der Waals surface area contributed by atoms with Gasteiger partial charge in [-0.3, -0.25) is 4.79 Å². The highest BCUT2D eigenvalue weighted by Crippen LogP contribution is 2.09. The predicted octanol–water partition coefficient (Wildman–Crippen LogP) is 3.16. The molecular weight excluding hydrogens is 358 g/mol. The minimum Gasteiger partial charge on any atom is -0.465 e. The first-order chi connectivity index (χ1) is 13.4. The smallest absolute Gasteiger partial charge is 0.338 e. The van der Waals surface area contributed by atoms with E-state index in [1.165, 1.54) is 43.9 Å². The topological polar surface area (TPSA) is 81.7 Å². The summed E-state index contributed by atoms with van der Waals surface area (Å²) in [5, 5.41) is 2.86. The molecule has 6 nitrogen and oxygen atoms in total. The lowest BCUT2D eigenvalue weighted by atomic mass is 10.1. The van der Waals surface area contributed by atoms with Gasteiger partial charge in [0.1, 0.15) is 0 Å². The van der Waals surface area contributed by atoms with E-state index in [1.807, 2.05) is 37.3 Å². The van der Waals surface area contributed by atoms with Crippen LogP contribution in [0.25, 0.3) is 0 Å². The Labute approximate surface area is 164 Å². The van der Waals surface area contributed by atoms with Gasteiger partial charge >= 0.3 is 11.9 Å². The van der Waals surface area contributed by atoms with Gasteiger partial charge in [0.25, 0.3) is 5.91 Å². The van der Waals surface area contributed by atoms with Gasteiger partial charge in [0.2, 0.25) is 0 Å². The van der Waals surface area contributed by atoms with Crippen molar-refractivity contribution in [3.8, 4) is 0 Å². The fourth-order valence-electron chi connectivity index (χ4n) is 2.60. The summed E-state index contributed by atoms with van der Waals surface area (Å²) < 4.78 is 9.83. The van der Waals surface area contributed by atoms with E-state index >= 15 is 0 Å². The molecule has 0 aliphatic heterocycles. The van der Waals surface area contributed by atoms with Crippen LogP contribution in [0, 0.1) is 0 Å². The molecule has 28 heavy (non-hydrogen) atoms. The first kappa shape index (κ1) is 21.2. The molecule has 6 heteroatoms. The fourth-order valence-corrected chi connectivity index (χ4v) is 2.60. The second-order valence-electron chi connectivity index (χ2n) is 6.55. The van der Waals surface area contributed by atoms with Crippen LogP contribution in [0.5, 0.6) is 0 Å². The molecule has 2 aromatic carbocycles. The molecule has 2 atom stereocenters. The molecule has 0 radical (unpaired) electrons. The highest BCUT2D eigenvalue weighted by Gasteiger charge is 2.20. The average molecular weight is 383 g/mol. The van der Waals surface area contributed by atoms with E-state index in [9.17, 15) is 14.4 Å². The Kier molecular flexibility index (Phi) is 7.75. The Morgan fingerprint density at radius 1 is 0.893 bits per heavy atom. The maximum absolute atomic E-state index is 12.3. The number of ether oxygens (including phenoxy) is 2. The van der Waals surface area contributed by atoms with Crippen molar-refractivity contribution in [3.05, 3.63) is 71.3 Å². The van der Waals surface area contributed by atoms with Gasteiger partial charge in [-0.15, -0.1) is 0 Å². The van der Waals surface area contributed by atoms with E-state index in [1.54, 1.807) is 0 Å². The Morgan fingerprint density at radius 3 is 2.04 bits per heavy atom. The van der Waals surface area contributed by atoms with Gasteiger partial charge < -0.3 is 14.8 Å². The molecule has 1 amide bonds. The Morgan fingerprint density at radius 2 is 1.46 bits per heavy atom. The number of hydrogen-bond acceptors (Lipinski definition) is 5. The van der Waals surface area contributed by atoms with Crippen molar-refractivity contribution in [2.24, 2.45) is 0 Å². The highest BCUT2D eigenvalue weighted by atomic mass is 16.5. The minimum absolute atomic E-state index is 0.0480. The van der Waals surface area contributed by atoms with E-state index in [0.717, 1.165) is 12.8 Å². The van der Waals surface area contributed by atoms with E-state index < -0.39 is 18.0 Å². The molecule has 1 N–H and O–H groups in total. The molecule has 2 rings (SSSR count). The van der Waals surface area contributed by atoms with Crippen LogP contribution in [0.4, 0.5) is 0 Å². The van der Waals surface area contributed by atoms with Gasteiger partial charge in [-0.1, -0.05) is 30.3 Å². The van der Waals surface area contributed by atoms with Crippen LogP contribution >= 0.6 is 0 Å². The van der Waals surface area contributed by atoms with E-state index in [4.69, 9.17) is 4.74 Å². The van der Waals surface area contributed by atoms with Gasteiger partial charge in [-0.05, 0) is 56.5 Å². The lowest BCUT2D eigenvalue weighted by Gasteiger charge is -2.18. The molecule has 0 aliphatic carbocycles. The van der Waals surface area contributed by atoms with Gasteiger partial charge in [0.05, 0.1) is 18.2 Å². The fraction of sp³-hybridized carbons (Fsp3) is 0.318. The molecule has 0 heterocycles. The van der Waals surface area contributed by atoms with Crippen molar-refractivity contribution in [1.82, 2.24) is 5.32 Å². The third kappa shape index (κ3) is 6.23. The third-order valence-electron chi connectivity index (χ3n) is 4.29. The van der Waals surface area contributed by atoms with Crippen LogP contribution in [0.2, 0.25) is 0 Å². The molecule has 0 unspecified atom stereocenters. The largest absolute Gasteiger partial charge is 0.465 e. The van der Waals surface area contributed by atoms with E-state index in [-0.39, 0.29) is 17.5 Å². The number of nitrogens with one attached hydrogen (secondary N) is 1. The number of aryl methyl sites for hydroxylation is 1. The number of carbonyl (C=O) groups excluding carboxylic acids is 3. The second kappa shape index (κ2) is 10.3. The molecule has 0 aromatic heterocycles. The Balaban J connectivity index is 1.82. The molecule has 0 bridgehead atoms. The standard InChI is InChI=1S/C22H25NO5/c1-15(9-10-17-7-5-4-6-8-17)23-20(24)16(2)28-22(26)19-13-11-18(12-14-19)21(25)27-3/h4-8,11-16H,9-10H2,1-3H3,(H,23,24)/t15-,16+/m0/s1. The van der Waals surface area contributed by atoms with Crippen molar-refractivity contribution in [2.45, 2.75) is 38.8 Å². The Bertz CT molecular complexity index is 801. The molecular formula is C22H25NO5. The monoisotopic (exact) mass is 383 g/mol. The van der Waals surface area contributed by atoms with Crippen molar-refractivity contribution < 1.29 is 23.9 Å². The van der Waals surface area contributed by atoms with Crippen LogP contribution < -0.4 is 5.32 Å². The number of amides is 1. The average Bonchev–Trinajstić information content (AvgIpc) is 2.72. The van der Waals surface area contributed by atoms with Crippen molar-refractivity contribution >= 4 is 17.8 Å². The van der Waals surface area contributed by atoms with E-state index in [2.05, 4.69) is 10.1 Å². The third-order valence-corrected chi connectivity index (χ3v) is 4.29. The molecule has 148 valence electrons. The zero-order chi connectivity index (χ0) is 20.5. The number of esters is 2. The van der Waals surface area contributed by atoms with Crippen LogP contribution in [0.15, 0.2) is 54.6 Å². The summed E-state index contributed by atoms with van der Waals surface area (Å²) in [6.45, 7) is 3.45. The maximum atomic E-state index is 12.3. The molecule has 0 spiro atoms. The maximum Gasteiger partial charge on any atom is 0.338 e. The van der Waals surface area contributed by atoms with Crippen LogP contribution in [0.1, 0.15) is 46.5 Å². The summed E-state index contributed by atoms with van der Waals surface area (Å²) in [5.41, 5.74) is 1.79. The number of rotatable bonds is 8. The lowest BCUT2D eigenvalue weighted by Crippen LogP contribution is -2.41.